The second kappa shape index (κ2) is 13.8. The summed E-state index contributed by atoms with van der Waals surface area (Å²) in [5.41, 5.74) is -2.29. The molecule has 16 heteroatoms. The highest BCUT2D eigenvalue weighted by atomic mass is 19.4. The van der Waals surface area contributed by atoms with E-state index in [1.807, 2.05) is 7.05 Å². The van der Waals surface area contributed by atoms with Gasteiger partial charge >= 0.3 is 24.4 Å². The Morgan fingerprint density at radius 1 is 0.938 bits per heavy atom. The zero-order chi connectivity index (χ0) is 35.0. The quantitative estimate of drug-likeness (QED) is 0.327. The lowest BCUT2D eigenvalue weighted by atomic mass is 9.87. The molecule has 2 aliphatic heterocycles. The number of carboxylic acid groups (broad SMARTS) is 1. The molecule has 2 fully saturated rings. The molecule has 4 atom stereocenters. The first-order valence-electron chi connectivity index (χ1n) is 15.8. The summed E-state index contributed by atoms with van der Waals surface area (Å²) in [7, 11) is 1.81. The average molecular weight is 685 g/mol. The van der Waals surface area contributed by atoms with E-state index in [1.165, 1.54) is 0 Å². The van der Waals surface area contributed by atoms with Crippen molar-refractivity contribution >= 4 is 24.2 Å². The summed E-state index contributed by atoms with van der Waals surface area (Å²) in [5, 5.41) is 15.2. The van der Waals surface area contributed by atoms with Crippen LogP contribution < -0.4 is 4.90 Å². The number of piperidine rings is 1. The van der Waals surface area contributed by atoms with E-state index in [4.69, 9.17) is 4.74 Å². The topological polar surface area (TPSA) is 111 Å². The smallest absolute Gasteiger partial charge is 0.416 e. The Balaban J connectivity index is 1.40. The van der Waals surface area contributed by atoms with Crippen molar-refractivity contribution in [1.29, 1.82) is 0 Å². The van der Waals surface area contributed by atoms with Crippen LogP contribution in [0.25, 0.3) is 0 Å². The minimum absolute atomic E-state index is 0.0798. The van der Waals surface area contributed by atoms with Crippen LogP contribution >= 0.6 is 0 Å². The van der Waals surface area contributed by atoms with Crippen molar-refractivity contribution < 1.29 is 45.8 Å². The van der Waals surface area contributed by atoms with Gasteiger partial charge in [0.15, 0.2) is 0 Å². The number of carboxylic acids is 1. The first kappa shape index (κ1) is 35.2. The molecular formula is C32H38F6N6O4. The number of carbonyl (C=O) groups is 2. The number of hydrazone groups is 1. The zero-order valence-electron chi connectivity index (χ0n) is 26.7. The maximum Gasteiger partial charge on any atom is 0.416 e. The fraction of sp³-hybridized carbons (Fsp3) is 0.594. The van der Waals surface area contributed by atoms with Crippen LogP contribution in [-0.4, -0.2) is 81.1 Å². The highest BCUT2D eigenvalue weighted by Crippen LogP contribution is 2.38. The minimum Gasteiger partial charge on any atom is -0.481 e. The Kier molecular flexibility index (Phi) is 10.1. The molecule has 2 aromatic rings. The lowest BCUT2D eigenvalue weighted by Crippen LogP contribution is -2.56. The summed E-state index contributed by atoms with van der Waals surface area (Å²) in [5.74, 6) is -1.29. The maximum absolute atomic E-state index is 13.7. The van der Waals surface area contributed by atoms with Crippen LogP contribution in [0.15, 0.2) is 35.7 Å². The Morgan fingerprint density at radius 2 is 1.50 bits per heavy atom. The molecule has 5 rings (SSSR count). The molecule has 1 saturated heterocycles. The number of aromatic nitrogens is 2. The van der Waals surface area contributed by atoms with E-state index in [1.54, 1.807) is 47.3 Å². The molecule has 10 nitrogen and oxygen atoms in total. The Morgan fingerprint density at radius 3 is 1.98 bits per heavy atom. The number of hydrogen-bond acceptors (Lipinski definition) is 8. The van der Waals surface area contributed by atoms with Gasteiger partial charge in [-0.1, -0.05) is 0 Å². The number of halogens is 6. The summed E-state index contributed by atoms with van der Waals surface area (Å²) in [4.78, 5) is 36.8. The number of aliphatic carboxylic acids is 1. The number of ether oxygens (including phenoxy) is 1. The molecule has 2 unspecified atom stereocenters. The third-order valence-electron chi connectivity index (χ3n) is 9.37. The molecule has 1 saturated carbocycles. The van der Waals surface area contributed by atoms with Gasteiger partial charge in [-0.05, 0) is 81.7 Å². The average Bonchev–Trinajstić information content (AvgIpc) is 3.45. The van der Waals surface area contributed by atoms with E-state index >= 15 is 0 Å². The zero-order valence-corrected chi connectivity index (χ0v) is 26.7. The van der Waals surface area contributed by atoms with Gasteiger partial charge in [0.2, 0.25) is 5.95 Å². The lowest BCUT2D eigenvalue weighted by Gasteiger charge is -2.46. The molecule has 1 N–H and O–H groups in total. The molecule has 1 aromatic carbocycles. The number of likely N-dealkylation sites (tertiary alicyclic amines) is 1. The van der Waals surface area contributed by atoms with Gasteiger partial charge in [-0.15, -0.1) is 0 Å². The first-order chi connectivity index (χ1) is 22.5. The third-order valence-corrected chi connectivity index (χ3v) is 9.37. The lowest BCUT2D eigenvalue weighted by molar-refractivity contribution is -0.144. The maximum atomic E-state index is 13.7. The third kappa shape index (κ3) is 8.12. The highest BCUT2D eigenvalue weighted by Gasteiger charge is 2.41. The standard InChI is InChI=1S/C32H38F6N6O4/c1-18-8-26(9-19(2)44(18)30(47)48-27-6-4-21(5-7-27)28(45)46)43(29-39-13-22(14-40-29)23-15-41-42(3)17-23)16-20-10-24(31(33,34)35)12-25(11-20)32(36,37)38/h10-15,18-19,21,23,26-27H,4-9,16-17H2,1-3H3,(H,45,46)/t18-,19+,21?,23?,26?,27?. The molecule has 0 bridgehead atoms. The molecule has 1 aromatic heterocycles. The van der Waals surface area contributed by atoms with E-state index in [-0.39, 0.29) is 30.0 Å². The summed E-state index contributed by atoms with van der Waals surface area (Å²) in [6.45, 7) is 3.85. The van der Waals surface area contributed by atoms with Gasteiger partial charge in [-0.25, -0.2) is 14.8 Å². The Hall–Kier alpha value is -4.11. The van der Waals surface area contributed by atoms with Crippen molar-refractivity contribution in [3.8, 4) is 0 Å². The van der Waals surface area contributed by atoms with E-state index in [0.717, 1.165) is 5.56 Å². The van der Waals surface area contributed by atoms with Crippen molar-refractivity contribution in [2.75, 3.05) is 18.5 Å². The molecule has 1 amide bonds. The van der Waals surface area contributed by atoms with Gasteiger partial charge in [0.05, 0.1) is 17.0 Å². The predicted molar refractivity (Wildman–Crippen MR) is 162 cm³/mol. The van der Waals surface area contributed by atoms with Crippen LogP contribution in [0.2, 0.25) is 0 Å². The largest absolute Gasteiger partial charge is 0.481 e. The second-order valence-corrected chi connectivity index (χ2v) is 13.0. The van der Waals surface area contributed by atoms with Crippen LogP contribution in [-0.2, 0) is 28.4 Å². The fourth-order valence-electron chi connectivity index (χ4n) is 6.90. The number of hydrogen-bond donors (Lipinski definition) is 1. The summed E-state index contributed by atoms with van der Waals surface area (Å²) >= 11 is 0. The molecule has 3 heterocycles. The number of alkyl halides is 6. The van der Waals surface area contributed by atoms with Crippen LogP contribution in [0.5, 0.6) is 0 Å². The molecule has 0 radical (unpaired) electrons. The van der Waals surface area contributed by atoms with Crippen LogP contribution in [0, 0.1) is 5.92 Å². The van der Waals surface area contributed by atoms with Gasteiger partial charge in [0.25, 0.3) is 0 Å². The predicted octanol–water partition coefficient (Wildman–Crippen LogP) is 6.56. The summed E-state index contributed by atoms with van der Waals surface area (Å²) in [6.07, 6.45) is -3.77. The van der Waals surface area contributed by atoms with Gasteiger partial charge in [-0.2, -0.15) is 31.4 Å². The molecule has 262 valence electrons. The highest BCUT2D eigenvalue weighted by molar-refractivity contribution is 5.71. The summed E-state index contributed by atoms with van der Waals surface area (Å²) in [6, 6.07) is 0.224. The van der Waals surface area contributed by atoms with E-state index < -0.39 is 65.7 Å². The van der Waals surface area contributed by atoms with Crippen LogP contribution in [0.4, 0.5) is 37.1 Å². The van der Waals surface area contributed by atoms with E-state index in [9.17, 15) is 41.0 Å². The number of carbonyl (C=O) groups excluding carboxylic acids is 1. The van der Waals surface area contributed by atoms with Crippen LogP contribution in [0.3, 0.4) is 0 Å². The molecule has 48 heavy (non-hydrogen) atoms. The van der Waals surface area contributed by atoms with Crippen molar-refractivity contribution in [2.45, 2.75) is 101 Å². The molecule has 3 aliphatic rings. The number of nitrogens with zero attached hydrogens (tertiary/aromatic N) is 6. The van der Waals surface area contributed by atoms with Gasteiger partial charge in [0.1, 0.15) is 6.10 Å². The number of rotatable bonds is 7. The SMILES string of the molecule is C[C@@H]1CC(N(Cc2cc(C(F)(F)F)cc(C(F)(F)F)c2)c2ncc(C3C=NN(C)C3)cn2)C[C@H](C)N1C(=O)OC1CCC(C(=O)O)CC1. The van der Waals surface area contributed by atoms with E-state index in [0.29, 0.717) is 57.2 Å². The molecule has 1 aliphatic carbocycles. The van der Waals surface area contributed by atoms with Crippen LogP contribution in [0.1, 0.15) is 80.5 Å². The number of anilines is 1. The monoisotopic (exact) mass is 684 g/mol. The van der Waals surface area contributed by atoms with Gasteiger partial charge < -0.3 is 19.6 Å². The van der Waals surface area contributed by atoms with Crippen molar-refractivity contribution in [3.63, 3.8) is 0 Å². The normalized spacial score (nSPS) is 26.4. The second-order valence-electron chi connectivity index (χ2n) is 13.0. The van der Waals surface area contributed by atoms with E-state index in [2.05, 4.69) is 15.1 Å². The fourth-order valence-corrected chi connectivity index (χ4v) is 6.90. The molecule has 0 spiro atoms. The number of amides is 1. The Bertz CT molecular complexity index is 1450. The van der Waals surface area contributed by atoms with Crippen molar-refractivity contribution in [3.05, 3.63) is 52.8 Å². The van der Waals surface area contributed by atoms with Gasteiger partial charge in [-0.3, -0.25) is 9.80 Å². The summed E-state index contributed by atoms with van der Waals surface area (Å²) < 4.78 is 88.1. The Labute approximate surface area is 273 Å². The molecular weight excluding hydrogens is 646 g/mol. The number of benzene rings is 1. The van der Waals surface area contributed by atoms with Crippen molar-refractivity contribution in [2.24, 2.45) is 11.0 Å². The van der Waals surface area contributed by atoms with Crippen molar-refractivity contribution in [1.82, 2.24) is 19.9 Å². The first-order valence-corrected chi connectivity index (χ1v) is 15.8. The number of likely N-dealkylation sites (N-methyl/N-ethyl adjacent to an activating group) is 1. The minimum atomic E-state index is -5.00. The van der Waals surface area contributed by atoms with Gasteiger partial charge in [0, 0.05) is 62.8 Å².